The summed E-state index contributed by atoms with van der Waals surface area (Å²) >= 11 is 0. The van der Waals surface area contributed by atoms with Gasteiger partial charge in [0.25, 0.3) is 0 Å². The quantitative estimate of drug-likeness (QED) is 0.886. The predicted octanol–water partition coefficient (Wildman–Crippen LogP) is 1.39. The van der Waals surface area contributed by atoms with Crippen molar-refractivity contribution in [2.24, 2.45) is 0 Å². The second-order valence-electron chi connectivity index (χ2n) is 2.58. The molecule has 3 nitrogen and oxygen atoms in total. The summed E-state index contributed by atoms with van der Waals surface area (Å²) in [5.74, 6) is 0. The Morgan fingerprint density at radius 3 is 2.69 bits per heavy atom. The smallest absolute Gasteiger partial charge is 0.282 e. The molecule has 0 fully saturated rings. The molecular weight excluding hydrogens is 345 g/mol. The van der Waals surface area contributed by atoms with Gasteiger partial charge in [-0.3, -0.25) is 10.1 Å². The number of H-pyrrole nitrogens is 1. The van der Waals surface area contributed by atoms with Crippen LogP contribution in [0.5, 0.6) is 0 Å². The van der Waals surface area contributed by atoms with Gasteiger partial charge in [0.2, 0.25) is 0 Å². The molecule has 68 valence electrons. The van der Waals surface area contributed by atoms with Crippen molar-refractivity contribution in [3.8, 4) is 0 Å². The number of hydrogen-bond acceptors (Lipinski definition) is 2. The van der Waals surface area contributed by atoms with Crippen LogP contribution >= 0.6 is 0 Å². The number of hydrogen-bond donors (Lipinski definition) is 1. The fourth-order valence-electron chi connectivity index (χ4n) is 1.08. The first-order valence-corrected chi connectivity index (χ1v) is 3.83. The summed E-state index contributed by atoms with van der Waals surface area (Å²) in [6.07, 6.45) is 4.37. The minimum atomic E-state index is 0. The first kappa shape index (κ1) is 10.1. The van der Waals surface area contributed by atoms with E-state index >= 15 is 0 Å². The zero-order valence-corrected chi connectivity index (χ0v) is 9.15. The van der Waals surface area contributed by atoms with Crippen molar-refractivity contribution in [1.82, 2.24) is 15.2 Å². The first-order chi connectivity index (χ1) is 5.95. The molecule has 0 amide bonds. The average molecular weight is 354 g/mol. The average Bonchev–Trinajstić information content (AvgIpc) is 2.59. The van der Waals surface area contributed by atoms with E-state index in [0.29, 0.717) is 0 Å². The molecule has 0 aliphatic rings. The monoisotopic (exact) mass is 354 g/mol. The Hall–Kier alpha value is -0.952. The molecule has 0 saturated heterocycles. The van der Waals surface area contributed by atoms with Gasteiger partial charge >= 0.3 is 21.1 Å². The molecule has 0 spiro atoms. The van der Waals surface area contributed by atoms with Crippen LogP contribution in [0.2, 0.25) is 0 Å². The zero-order chi connectivity index (χ0) is 8.23. The van der Waals surface area contributed by atoms with Crippen LogP contribution in [0.15, 0.2) is 36.7 Å². The molecule has 0 bridgehead atoms. The molecule has 2 heterocycles. The van der Waals surface area contributed by atoms with E-state index in [9.17, 15) is 0 Å². The molecule has 0 aliphatic heterocycles. The molecule has 13 heavy (non-hydrogen) atoms. The topological polar surface area (TPSA) is 41.6 Å². The molecule has 0 aromatic carbocycles. The number of aromatic nitrogens is 3. The van der Waals surface area contributed by atoms with E-state index in [-0.39, 0.29) is 21.1 Å². The Morgan fingerprint density at radius 1 is 1.15 bits per heavy atom. The molecule has 2 rings (SSSR count). The SMILES string of the molecule is [Pt+2].c1ccc(Cc2ccn[nH]2)nc1. The van der Waals surface area contributed by atoms with Gasteiger partial charge in [0.15, 0.2) is 0 Å². The molecule has 0 saturated carbocycles. The molecule has 2 aromatic heterocycles. The minimum absolute atomic E-state index is 0. The normalized spacial score (nSPS) is 9.23. The molecule has 0 radical (unpaired) electrons. The number of nitrogens with one attached hydrogen (secondary N) is 1. The standard InChI is InChI=1S/C9H9N3.Pt/c1-2-5-10-8(3-1)7-9-4-6-11-12-9;/h1-6H,7H2,(H,11,12);/q;+2. The maximum Gasteiger partial charge on any atom is 2.00 e. The summed E-state index contributed by atoms with van der Waals surface area (Å²) in [5, 5.41) is 6.76. The first-order valence-electron chi connectivity index (χ1n) is 3.83. The van der Waals surface area contributed by atoms with Crippen LogP contribution in [-0.2, 0) is 27.5 Å². The van der Waals surface area contributed by atoms with Crippen molar-refractivity contribution in [2.45, 2.75) is 6.42 Å². The summed E-state index contributed by atoms with van der Waals surface area (Å²) in [4.78, 5) is 4.21. The summed E-state index contributed by atoms with van der Waals surface area (Å²) < 4.78 is 0. The van der Waals surface area contributed by atoms with Crippen molar-refractivity contribution < 1.29 is 21.1 Å². The molecule has 4 heteroatoms. The van der Waals surface area contributed by atoms with Crippen LogP contribution in [0.4, 0.5) is 0 Å². The second kappa shape index (κ2) is 4.93. The van der Waals surface area contributed by atoms with Crippen LogP contribution in [0.1, 0.15) is 11.4 Å². The van der Waals surface area contributed by atoms with E-state index in [1.165, 1.54) is 0 Å². The van der Waals surface area contributed by atoms with E-state index < -0.39 is 0 Å². The fourth-order valence-corrected chi connectivity index (χ4v) is 1.08. The summed E-state index contributed by atoms with van der Waals surface area (Å²) in [6.45, 7) is 0. The van der Waals surface area contributed by atoms with E-state index in [4.69, 9.17) is 0 Å². The third-order valence-electron chi connectivity index (χ3n) is 1.66. The van der Waals surface area contributed by atoms with E-state index in [0.717, 1.165) is 17.8 Å². The third-order valence-corrected chi connectivity index (χ3v) is 1.66. The van der Waals surface area contributed by atoms with Gasteiger partial charge in [0.1, 0.15) is 0 Å². The van der Waals surface area contributed by atoms with Crippen LogP contribution in [-0.4, -0.2) is 15.2 Å². The molecular formula is C9H9N3Pt+2. The molecule has 1 N–H and O–H groups in total. The van der Waals surface area contributed by atoms with Crippen LogP contribution < -0.4 is 0 Å². The summed E-state index contributed by atoms with van der Waals surface area (Å²) in [6, 6.07) is 7.85. The Balaban J connectivity index is 0.000000845. The van der Waals surface area contributed by atoms with Gasteiger partial charge in [-0.2, -0.15) is 5.10 Å². The predicted molar refractivity (Wildman–Crippen MR) is 45.6 cm³/mol. The second-order valence-corrected chi connectivity index (χ2v) is 2.58. The van der Waals surface area contributed by atoms with Crippen molar-refractivity contribution in [3.63, 3.8) is 0 Å². The summed E-state index contributed by atoms with van der Waals surface area (Å²) in [7, 11) is 0. The van der Waals surface area contributed by atoms with Crippen molar-refractivity contribution in [3.05, 3.63) is 48.0 Å². The number of rotatable bonds is 2. The van der Waals surface area contributed by atoms with Gasteiger partial charge in [-0.15, -0.1) is 0 Å². The Bertz CT molecular complexity index is 331. The van der Waals surface area contributed by atoms with Gasteiger partial charge in [-0.25, -0.2) is 0 Å². The Morgan fingerprint density at radius 2 is 2.08 bits per heavy atom. The van der Waals surface area contributed by atoms with E-state index in [1.54, 1.807) is 12.4 Å². The fraction of sp³-hybridized carbons (Fsp3) is 0.111. The van der Waals surface area contributed by atoms with Crippen molar-refractivity contribution >= 4 is 0 Å². The molecule has 0 atom stereocenters. The maximum absolute atomic E-state index is 4.21. The van der Waals surface area contributed by atoms with E-state index in [1.807, 2.05) is 24.3 Å². The number of pyridine rings is 1. The van der Waals surface area contributed by atoms with Gasteiger partial charge in [0, 0.05) is 30.2 Å². The zero-order valence-electron chi connectivity index (χ0n) is 6.88. The largest absolute Gasteiger partial charge is 2.00 e. The molecule has 0 aliphatic carbocycles. The number of nitrogens with zero attached hydrogens (tertiary/aromatic N) is 2. The number of aromatic amines is 1. The van der Waals surface area contributed by atoms with Gasteiger partial charge in [-0.05, 0) is 18.2 Å². The van der Waals surface area contributed by atoms with Gasteiger partial charge in [0.05, 0.1) is 0 Å². The van der Waals surface area contributed by atoms with Crippen molar-refractivity contribution in [2.75, 3.05) is 0 Å². The molecule has 2 aromatic rings. The Kier molecular flexibility index (Phi) is 3.84. The van der Waals surface area contributed by atoms with Gasteiger partial charge < -0.3 is 0 Å². The Labute approximate surface area is 90.9 Å². The van der Waals surface area contributed by atoms with Crippen LogP contribution in [0.25, 0.3) is 0 Å². The van der Waals surface area contributed by atoms with Gasteiger partial charge in [-0.1, -0.05) is 6.07 Å². The third kappa shape index (κ3) is 2.78. The van der Waals surface area contributed by atoms with Crippen LogP contribution in [0, 0.1) is 0 Å². The maximum atomic E-state index is 4.21. The molecule has 0 unspecified atom stereocenters. The summed E-state index contributed by atoms with van der Waals surface area (Å²) in [5.41, 5.74) is 2.15. The van der Waals surface area contributed by atoms with Crippen molar-refractivity contribution in [1.29, 1.82) is 0 Å². The van der Waals surface area contributed by atoms with Crippen LogP contribution in [0.3, 0.4) is 0 Å². The minimum Gasteiger partial charge on any atom is -0.282 e. The van der Waals surface area contributed by atoms with E-state index in [2.05, 4.69) is 15.2 Å².